The third-order valence-corrected chi connectivity index (χ3v) is 3.83. The van der Waals surface area contributed by atoms with Crippen molar-refractivity contribution in [2.75, 3.05) is 6.54 Å². The number of Topliss-reactive ketones (excluding diaryl/α,β-unsaturated/α-hetero) is 1. The maximum atomic E-state index is 11.5. The van der Waals surface area contributed by atoms with E-state index >= 15 is 0 Å². The summed E-state index contributed by atoms with van der Waals surface area (Å²) in [5, 5.41) is 0. The van der Waals surface area contributed by atoms with E-state index in [2.05, 4.69) is 40.3 Å². The van der Waals surface area contributed by atoms with Crippen LogP contribution in [0.25, 0.3) is 11.1 Å². The van der Waals surface area contributed by atoms with E-state index in [0.29, 0.717) is 0 Å². The van der Waals surface area contributed by atoms with Crippen LogP contribution >= 0.6 is 0 Å². The number of rotatable bonds is 8. The van der Waals surface area contributed by atoms with E-state index in [0.717, 1.165) is 42.5 Å². The molecule has 0 saturated carbocycles. The Bertz CT molecular complexity index is 732. The lowest BCUT2D eigenvalue weighted by Gasteiger charge is -2.07. The minimum Gasteiger partial charge on any atom is -0.295 e. The zero-order valence-electron chi connectivity index (χ0n) is 14.4. The fraction of sp³-hybridized carbons (Fsp3) is 0.286. The molecule has 2 rings (SSSR count). The summed E-state index contributed by atoms with van der Waals surface area (Å²) in [5.74, 6) is 0.0981. The molecule has 0 amide bonds. The van der Waals surface area contributed by atoms with Crippen LogP contribution in [-0.2, 0) is 6.42 Å². The molecule has 0 radical (unpaired) electrons. The van der Waals surface area contributed by atoms with E-state index in [-0.39, 0.29) is 5.78 Å². The molecule has 2 aromatic carbocycles. The monoisotopic (exact) mass is 320 g/mol. The Hall–Kier alpha value is -2.55. The molecule has 0 bridgehead atoms. The molecule has 0 fully saturated rings. The number of aliphatic imine (C=N–C) groups is 2. The minimum atomic E-state index is 0.0981. The molecule has 2 aromatic rings. The van der Waals surface area contributed by atoms with E-state index < -0.39 is 0 Å². The van der Waals surface area contributed by atoms with Gasteiger partial charge in [-0.1, -0.05) is 42.5 Å². The van der Waals surface area contributed by atoms with Gasteiger partial charge in [-0.25, -0.2) is 4.99 Å². The molecular formula is C21H24N2O. The summed E-state index contributed by atoms with van der Waals surface area (Å²) in [7, 11) is 0. The van der Waals surface area contributed by atoms with Crippen molar-refractivity contribution in [3.05, 3.63) is 59.7 Å². The Morgan fingerprint density at radius 2 is 1.79 bits per heavy atom. The highest BCUT2D eigenvalue weighted by molar-refractivity contribution is 5.95. The molecular weight excluding hydrogens is 296 g/mol. The SMILES string of the molecule is CC=NC=NCCCCc1cccc(-c2cccc(C(C)=O)c2)c1. The molecule has 0 atom stereocenters. The van der Waals surface area contributed by atoms with Crippen molar-refractivity contribution in [1.82, 2.24) is 0 Å². The number of carbonyl (C=O) groups excluding carboxylic acids is 1. The number of hydrogen-bond acceptors (Lipinski definition) is 2. The predicted molar refractivity (Wildman–Crippen MR) is 102 cm³/mol. The Morgan fingerprint density at radius 1 is 1.04 bits per heavy atom. The predicted octanol–water partition coefficient (Wildman–Crippen LogP) is 5.00. The van der Waals surface area contributed by atoms with Crippen molar-refractivity contribution < 1.29 is 4.79 Å². The van der Waals surface area contributed by atoms with Gasteiger partial charge in [-0.05, 0) is 55.9 Å². The summed E-state index contributed by atoms with van der Waals surface area (Å²) in [5.41, 5.74) is 4.32. The second-order valence-corrected chi connectivity index (χ2v) is 5.72. The van der Waals surface area contributed by atoms with Crippen molar-refractivity contribution in [2.24, 2.45) is 9.98 Å². The van der Waals surface area contributed by atoms with Crippen LogP contribution in [0.3, 0.4) is 0 Å². The van der Waals surface area contributed by atoms with Crippen molar-refractivity contribution in [2.45, 2.75) is 33.1 Å². The number of unbranched alkanes of at least 4 members (excludes halogenated alkanes) is 1. The van der Waals surface area contributed by atoms with Gasteiger partial charge < -0.3 is 0 Å². The molecule has 24 heavy (non-hydrogen) atoms. The van der Waals surface area contributed by atoms with E-state index in [1.165, 1.54) is 5.56 Å². The van der Waals surface area contributed by atoms with E-state index in [9.17, 15) is 4.79 Å². The summed E-state index contributed by atoms with van der Waals surface area (Å²) < 4.78 is 0. The second kappa shape index (κ2) is 9.56. The number of aryl methyl sites for hydroxylation is 1. The molecule has 3 heteroatoms. The fourth-order valence-corrected chi connectivity index (χ4v) is 2.53. The lowest BCUT2D eigenvalue weighted by atomic mass is 9.98. The third kappa shape index (κ3) is 5.58. The second-order valence-electron chi connectivity index (χ2n) is 5.72. The number of nitrogens with zero attached hydrogens (tertiary/aromatic N) is 2. The van der Waals surface area contributed by atoms with Crippen LogP contribution in [0.4, 0.5) is 0 Å². The van der Waals surface area contributed by atoms with Gasteiger partial charge >= 0.3 is 0 Å². The highest BCUT2D eigenvalue weighted by atomic mass is 16.1. The molecule has 0 aliphatic heterocycles. The highest BCUT2D eigenvalue weighted by Gasteiger charge is 2.03. The quantitative estimate of drug-likeness (QED) is 0.292. The van der Waals surface area contributed by atoms with Crippen LogP contribution in [0.1, 0.15) is 42.6 Å². The van der Waals surface area contributed by atoms with Gasteiger partial charge in [0.15, 0.2) is 5.78 Å². The molecule has 0 N–H and O–H groups in total. The van der Waals surface area contributed by atoms with Gasteiger partial charge in [-0.2, -0.15) is 0 Å². The highest BCUT2D eigenvalue weighted by Crippen LogP contribution is 2.22. The van der Waals surface area contributed by atoms with Crippen molar-refractivity contribution in [3.8, 4) is 11.1 Å². The summed E-state index contributed by atoms with van der Waals surface area (Å²) in [6, 6.07) is 16.4. The Kier molecular flexibility index (Phi) is 7.09. The third-order valence-electron chi connectivity index (χ3n) is 3.83. The maximum Gasteiger partial charge on any atom is 0.159 e. The van der Waals surface area contributed by atoms with Gasteiger partial charge in [0.05, 0.1) is 0 Å². The standard InChI is InChI=1S/C21H24N2O/c1-3-22-16-23-13-5-4-8-18-9-6-11-20(14-18)21-12-7-10-19(15-21)17(2)24/h3,6-7,9-12,14-16H,4-5,8,13H2,1-2H3. The Balaban J connectivity index is 1.96. The Morgan fingerprint density at radius 3 is 2.54 bits per heavy atom. The zero-order valence-corrected chi connectivity index (χ0v) is 14.4. The van der Waals surface area contributed by atoms with Crippen LogP contribution in [0.2, 0.25) is 0 Å². The van der Waals surface area contributed by atoms with Gasteiger partial charge in [-0.15, -0.1) is 0 Å². The summed E-state index contributed by atoms with van der Waals surface area (Å²) in [6.07, 6.45) is 6.54. The first kappa shape index (κ1) is 17.8. The topological polar surface area (TPSA) is 41.8 Å². The number of hydrogen-bond donors (Lipinski definition) is 0. The van der Waals surface area contributed by atoms with E-state index in [4.69, 9.17) is 0 Å². The van der Waals surface area contributed by atoms with Gasteiger partial charge in [0.1, 0.15) is 6.34 Å². The average molecular weight is 320 g/mol. The molecule has 0 spiro atoms. The van der Waals surface area contributed by atoms with E-state index in [1.807, 2.05) is 25.1 Å². The maximum absolute atomic E-state index is 11.5. The average Bonchev–Trinajstić information content (AvgIpc) is 2.61. The van der Waals surface area contributed by atoms with Crippen molar-refractivity contribution in [1.29, 1.82) is 0 Å². The van der Waals surface area contributed by atoms with Crippen LogP contribution in [0.15, 0.2) is 58.5 Å². The summed E-state index contributed by atoms with van der Waals surface area (Å²) >= 11 is 0. The van der Waals surface area contributed by atoms with Crippen LogP contribution in [-0.4, -0.2) is 24.9 Å². The summed E-state index contributed by atoms with van der Waals surface area (Å²) in [4.78, 5) is 19.7. The number of carbonyl (C=O) groups is 1. The van der Waals surface area contributed by atoms with Crippen LogP contribution < -0.4 is 0 Å². The molecule has 0 saturated heterocycles. The fourth-order valence-electron chi connectivity index (χ4n) is 2.53. The molecule has 124 valence electrons. The van der Waals surface area contributed by atoms with Crippen molar-refractivity contribution in [3.63, 3.8) is 0 Å². The molecule has 3 nitrogen and oxygen atoms in total. The van der Waals surface area contributed by atoms with Crippen molar-refractivity contribution >= 4 is 18.3 Å². The molecule has 0 aliphatic carbocycles. The van der Waals surface area contributed by atoms with Gasteiger partial charge in [0.25, 0.3) is 0 Å². The van der Waals surface area contributed by atoms with Gasteiger partial charge in [-0.3, -0.25) is 9.79 Å². The smallest absolute Gasteiger partial charge is 0.159 e. The van der Waals surface area contributed by atoms with Crippen LogP contribution in [0, 0.1) is 0 Å². The first-order valence-corrected chi connectivity index (χ1v) is 8.37. The molecule has 0 aromatic heterocycles. The van der Waals surface area contributed by atoms with Gasteiger partial charge in [0, 0.05) is 18.3 Å². The number of benzene rings is 2. The normalized spacial score (nSPS) is 11.4. The lowest BCUT2D eigenvalue weighted by Crippen LogP contribution is -1.92. The minimum absolute atomic E-state index is 0.0981. The van der Waals surface area contributed by atoms with Gasteiger partial charge in [0.2, 0.25) is 0 Å². The Labute approximate surface area is 144 Å². The number of ketones is 1. The lowest BCUT2D eigenvalue weighted by molar-refractivity contribution is 0.101. The zero-order chi connectivity index (χ0) is 17.2. The van der Waals surface area contributed by atoms with E-state index in [1.54, 1.807) is 19.5 Å². The molecule has 0 aliphatic rings. The molecule has 0 unspecified atom stereocenters. The largest absolute Gasteiger partial charge is 0.295 e. The molecule has 0 heterocycles. The first-order chi connectivity index (χ1) is 11.7. The van der Waals surface area contributed by atoms with Crippen LogP contribution in [0.5, 0.6) is 0 Å². The first-order valence-electron chi connectivity index (χ1n) is 8.37. The summed E-state index contributed by atoms with van der Waals surface area (Å²) in [6.45, 7) is 4.30.